The van der Waals surface area contributed by atoms with Crippen LogP contribution in [0.25, 0.3) is 5.57 Å². The fourth-order valence-corrected chi connectivity index (χ4v) is 4.18. The zero-order chi connectivity index (χ0) is 12.6. The van der Waals surface area contributed by atoms with E-state index < -0.39 is 9.84 Å². The molecule has 0 bridgehead atoms. The Balaban J connectivity index is 2.44. The average Bonchev–Trinajstić information content (AvgIpc) is 2.49. The smallest absolute Gasteiger partial charge is 0.204 e. The van der Waals surface area contributed by atoms with Crippen molar-refractivity contribution in [2.24, 2.45) is 0 Å². The van der Waals surface area contributed by atoms with Crippen molar-refractivity contribution in [2.75, 3.05) is 5.75 Å². The highest BCUT2D eigenvalue weighted by Crippen LogP contribution is 2.40. The molecule has 1 N–H and O–H groups in total. The highest BCUT2D eigenvalue weighted by molar-refractivity contribution is 8.00. The molecule has 0 saturated carbocycles. The summed E-state index contributed by atoms with van der Waals surface area (Å²) < 4.78 is 23.8. The van der Waals surface area contributed by atoms with Crippen LogP contribution in [-0.2, 0) is 9.84 Å². The van der Waals surface area contributed by atoms with Gasteiger partial charge in [-0.15, -0.1) is 0 Å². The van der Waals surface area contributed by atoms with Gasteiger partial charge in [0, 0.05) is 16.7 Å². The molecule has 0 aliphatic carbocycles. The maximum absolute atomic E-state index is 11.9. The van der Waals surface area contributed by atoms with Crippen LogP contribution in [0.1, 0.15) is 19.4 Å². The van der Waals surface area contributed by atoms with Gasteiger partial charge < -0.3 is 5.11 Å². The van der Waals surface area contributed by atoms with Crippen LogP contribution in [0.4, 0.5) is 0 Å². The van der Waals surface area contributed by atoms with Gasteiger partial charge in [-0.25, -0.2) is 8.42 Å². The van der Waals surface area contributed by atoms with Gasteiger partial charge in [0.2, 0.25) is 9.84 Å². The number of fused-ring (bicyclic) bond motifs is 1. The summed E-state index contributed by atoms with van der Waals surface area (Å²) in [6, 6.07) is 4.82. The molecule has 5 heteroatoms. The van der Waals surface area contributed by atoms with Crippen LogP contribution in [0.15, 0.2) is 28.5 Å². The molecule has 0 spiro atoms. The van der Waals surface area contributed by atoms with E-state index in [9.17, 15) is 13.5 Å². The summed E-state index contributed by atoms with van der Waals surface area (Å²) >= 11 is 1.68. The SMILES string of the molecule is CC(C)SCC1=CS(=O)(=O)c2c(O)cccc21. The highest BCUT2D eigenvalue weighted by atomic mass is 32.2. The third-order valence-corrected chi connectivity index (χ3v) is 5.23. The van der Waals surface area contributed by atoms with E-state index in [1.165, 1.54) is 11.5 Å². The first-order valence-corrected chi connectivity index (χ1v) is 7.91. The molecule has 0 aromatic heterocycles. The minimum absolute atomic E-state index is 0.0550. The monoisotopic (exact) mass is 270 g/mol. The highest BCUT2D eigenvalue weighted by Gasteiger charge is 2.29. The molecular weight excluding hydrogens is 256 g/mol. The van der Waals surface area contributed by atoms with E-state index in [0.29, 0.717) is 16.6 Å². The van der Waals surface area contributed by atoms with E-state index in [4.69, 9.17) is 0 Å². The van der Waals surface area contributed by atoms with E-state index in [-0.39, 0.29) is 10.6 Å². The van der Waals surface area contributed by atoms with Crippen molar-refractivity contribution >= 4 is 27.2 Å². The molecule has 0 atom stereocenters. The predicted molar refractivity (Wildman–Crippen MR) is 70.9 cm³/mol. The van der Waals surface area contributed by atoms with Gasteiger partial charge in [0.05, 0.1) is 0 Å². The van der Waals surface area contributed by atoms with Crippen LogP contribution in [0.2, 0.25) is 0 Å². The Morgan fingerprint density at radius 3 is 2.71 bits per heavy atom. The normalized spacial score (nSPS) is 17.0. The summed E-state index contributed by atoms with van der Waals surface area (Å²) in [7, 11) is -3.46. The Kier molecular flexibility index (Phi) is 3.23. The molecule has 1 aliphatic rings. The molecule has 2 rings (SSSR count). The molecule has 1 aliphatic heterocycles. The Hall–Kier alpha value is -0.940. The number of rotatable bonds is 3. The molecular formula is C12H14O3S2. The van der Waals surface area contributed by atoms with Crippen molar-refractivity contribution in [1.29, 1.82) is 0 Å². The van der Waals surface area contributed by atoms with Gasteiger partial charge in [0.15, 0.2) is 0 Å². The van der Waals surface area contributed by atoms with Crippen LogP contribution >= 0.6 is 11.8 Å². The topological polar surface area (TPSA) is 54.4 Å². The Morgan fingerprint density at radius 1 is 1.35 bits per heavy atom. The summed E-state index contributed by atoms with van der Waals surface area (Å²) in [4.78, 5) is 0.0550. The molecule has 3 nitrogen and oxygen atoms in total. The maximum atomic E-state index is 11.9. The van der Waals surface area contributed by atoms with Crippen molar-refractivity contribution < 1.29 is 13.5 Å². The number of thioether (sulfide) groups is 1. The first-order valence-electron chi connectivity index (χ1n) is 5.31. The van der Waals surface area contributed by atoms with E-state index >= 15 is 0 Å². The molecule has 0 radical (unpaired) electrons. The lowest BCUT2D eigenvalue weighted by Gasteiger charge is -2.07. The number of hydrogen-bond acceptors (Lipinski definition) is 4. The van der Waals surface area contributed by atoms with Gasteiger partial charge in [-0.2, -0.15) is 11.8 Å². The summed E-state index contributed by atoms with van der Waals surface area (Å²) in [5, 5.41) is 11.4. The standard InChI is InChI=1S/C12H14O3S2/c1-8(2)16-6-9-7-17(14,15)12-10(9)4-3-5-11(12)13/h3-5,7-8,13H,6H2,1-2H3. The second-order valence-corrected chi connectivity index (χ2v) is 7.50. The number of hydrogen-bond donors (Lipinski definition) is 1. The zero-order valence-corrected chi connectivity index (χ0v) is 11.3. The predicted octanol–water partition coefficient (Wildman–Crippen LogP) is 2.66. The van der Waals surface area contributed by atoms with Crippen molar-refractivity contribution in [3.05, 3.63) is 29.2 Å². The summed E-state index contributed by atoms with van der Waals surface area (Å²) in [5.74, 6) is 0.483. The molecule has 0 fully saturated rings. The zero-order valence-electron chi connectivity index (χ0n) is 9.67. The quantitative estimate of drug-likeness (QED) is 0.917. The summed E-state index contributed by atoms with van der Waals surface area (Å²) in [6.07, 6.45) is 0. The van der Waals surface area contributed by atoms with E-state index in [1.54, 1.807) is 23.9 Å². The third-order valence-electron chi connectivity index (χ3n) is 2.49. The Labute approximate surface area is 105 Å². The number of sulfone groups is 1. The molecule has 0 unspecified atom stereocenters. The lowest BCUT2D eigenvalue weighted by atomic mass is 10.1. The maximum Gasteiger partial charge on any atom is 0.204 e. The van der Waals surface area contributed by atoms with Gasteiger partial charge in [0.1, 0.15) is 10.6 Å². The number of benzene rings is 1. The average molecular weight is 270 g/mol. The number of aromatic hydroxyl groups is 1. The molecule has 92 valence electrons. The fourth-order valence-electron chi connectivity index (χ4n) is 1.75. The second kappa shape index (κ2) is 4.38. The molecule has 0 saturated heterocycles. The lowest BCUT2D eigenvalue weighted by molar-refractivity contribution is 0.459. The minimum Gasteiger partial charge on any atom is -0.507 e. The molecule has 0 amide bonds. The van der Waals surface area contributed by atoms with Crippen LogP contribution < -0.4 is 0 Å². The Bertz CT molecular complexity index is 571. The second-order valence-electron chi connectivity index (χ2n) is 4.20. The van der Waals surface area contributed by atoms with Crippen LogP contribution in [0.5, 0.6) is 5.75 Å². The van der Waals surface area contributed by atoms with E-state index in [2.05, 4.69) is 13.8 Å². The van der Waals surface area contributed by atoms with Gasteiger partial charge >= 0.3 is 0 Å². The van der Waals surface area contributed by atoms with E-state index in [0.717, 1.165) is 5.57 Å². The minimum atomic E-state index is -3.46. The molecule has 1 aromatic rings. The number of phenolic OH excluding ortho intramolecular Hbond substituents is 1. The van der Waals surface area contributed by atoms with E-state index in [1.807, 2.05) is 0 Å². The largest absolute Gasteiger partial charge is 0.507 e. The molecule has 1 heterocycles. The first-order chi connectivity index (χ1) is 7.92. The molecule has 17 heavy (non-hydrogen) atoms. The van der Waals surface area contributed by atoms with Crippen LogP contribution in [-0.4, -0.2) is 24.5 Å². The van der Waals surface area contributed by atoms with Crippen molar-refractivity contribution in [1.82, 2.24) is 0 Å². The van der Waals surface area contributed by atoms with Gasteiger partial charge in [0.25, 0.3) is 0 Å². The van der Waals surface area contributed by atoms with Gasteiger partial charge in [-0.1, -0.05) is 26.0 Å². The lowest BCUT2D eigenvalue weighted by Crippen LogP contribution is -1.94. The van der Waals surface area contributed by atoms with Crippen molar-refractivity contribution in [3.8, 4) is 5.75 Å². The molecule has 1 aromatic carbocycles. The fraction of sp³-hybridized carbons (Fsp3) is 0.333. The summed E-state index contributed by atoms with van der Waals surface area (Å²) in [5.41, 5.74) is 1.41. The number of phenols is 1. The van der Waals surface area contributed by atoms with Gasteiger partial charge in [-0.3, -0.25) is 0 Å². The Morgan fingerprint density at radius 2 is 2.06 bits per heavy atom. The first kappa shape index (κ1) is 12.5. The third kappa shape index (κ3) is 2.35. The summed E-state index contributed by atoms with van der Waals surface area (Å²) in [6.45, 7) is 4.14. The van der Waals surface area contributed by atoms with Crippen molar-refractivity contribution in [2.45, 2.75) is 24.0 Å². The van der Waals surface area contributed by atoms with Gasteiger partial charge in [-0.05, 0) is 16.9 Å². The van der Waals surface area contributed by atoms with Crippen LogP contribution in [0, 0.1) is 0 Å². The van der Waals surface area contributed by atoms with Crippen molar-refractivity contribution in [3.63, 3.8) is 0 Å². The van der Waals surface area contributed by atoms with Crippen LogP contribution in [0.3, 0.4) is 0 Å².